The molecule has 2 aromatic heterocycles. The summed E-state index contributed by atoms with van der Waals surface area (Å²) >= 11 is 9.44. The highest BCUT2D eigenvalue weighted by Crippen LogP contribution is 2.25. The van der Waals surface area contributed by atoms with Crippen molar-refractivity contribution in [1.82, 2.24) is 9.78 Å². The number of halogens is 2. The number of nitrogens with zero attached hydrogens (tertiary/aromatic N) is 2. The van der Waals surface area contributed by atoms with Gasteiger partial charge in [-0.3, -0.25) is 4.79 Å². The molecule has 0 N–H and O–H groups in total. The van der Waals surface area contributed by atoms with Gasteiger partial charge in [0.05, 0.1) is 20.9 Å². The fraction of sp³-hybridized carbons (Fsp3) is 0.176. The van der Waals surface area contributed by atoms with Gasteiger partial charge in [-0.25, -0.2) is 0 Å². The molecule has 3 rings (SSSR count). The third-order valence-electron chi connectivity index (χ3n) is 3.47. The number of rotatable bonds is 4. The van der Waals surface area contributed by atoms with Crippen LogP contribution in [0.3, 0.4) is 0 Å². The summed E-state index contributed by atoms with van der Waals surface area (Å²) in [4.78, 5) is 12.5. The zero-order valence-electron chi connectivity index (χ0n) is 13.0. The molecule has 1 aromatic carbocycles. The standard InChI is InChI=1S/C17H14BrClN2O3/c1-10-16(18)11(2)21(20-10)17(22)15-8-7-12(24-15)9-23-14-6-4-3-5-13(14)19/h3-8H,9H2,1-2H3. The number of carbonyl (C=O) groups excluding carboxylic acids is 1. The van der Waals surface area contributed by atoms with E-state index in [2.05, 4.69) is 21.0 Å². The molecule has 0 amide bonds. The maximum Gasteiger partial charge on any atom is 0.314 e. The van der Waals surface area contributed by atoms with Crippen molar-refractivity contribution in [3.05, 3.63) is 68.8 Å². The van der Waals surface area contributed by atoms with Gasteiger partial charge in [0.15, 0.2) is 5.76 Å². The Balaban J connectivity index is 1.74. The molecule has 0 radical (unpaired) electrons. The maximum absolute atomic E-state index is 12.5. The minimum absolute atomic E-state index is 0.178. The summed E-state index contributed by atoms with van der Waals surface area (Å²) in [6, 6.07) is 10.5. The minimum Gasteiger partial charge on any atom is -0.484 e. The molecular formula is C17H14BrClN2O3. The predicted molar refractivity (Wildman–Crippen MR) is 93.6 cm³/mol. The van der Waals surface area contributed by atoms with Crippen LogP contribution in [0.25, 0.3) is 0 Å². The number of benzene rings is 1. The third kappa shape index (κ3) is 3.25. The van der Waals surface area contributed by atoms with Gasteiger partial charge < -0.3 is 9.15 Å². The zero-order valence-corrected chi connectivity index (χ0v) is 15.4. The van der Waals surface area contributed by atoms with Gasteiger partial charge in [-0.15, -0.1) is 0 Å². The molecule has 0 aliphatic carbocycles. The highest BCUT2D eigenvalue weighted by molar-refractivity contribution is 9.10. The minimum atomic E-state index is -0.328. The van der Waals surface area contributed by atoms with Gasteiger partial charge in [-0.2, -0.15) is 9.78 Å². The van der Waals surface area contributed by atoms with E-state index in [0.29, 0.717) is 16.5 Å². The Kier molecular flexibility index (Phi) is 4.78. The molecule has 124 valence electrons. The molecule has 24 heavy (non-hydrogen) atoms. The van der Waals surface area contributed by atoms with E-state index in [1.54, 1.807) is 24.3 Å². The van der Waals surface area contributed by atoms with Gasteiger partial charge in [-0.05, 0) is 54.0 Å². The van der Waals surface area contributed by atoms with E-state index < -0.39 is 0 Å². The summed E-state index contributed by atoms with van der Waals surface area (Å²) in [6.07, 6.45) is 0. The number of para-hydroxylation sites is 1. The SMILES string of the molecule is Cc1nn(C(=O)c2ccc(COc3ccccc3Cl)o2)c(C)c1Br. The Hall–Kier alpha value is -2.05. The monoisotopic (exact) mass is 408 g/mol. The average Bonchev–Trinajstić information content (AvgIpc) is 3.14. The Bertz CT molecular complexity index is 901. The van der Waals surface area contributed by atoms with Crippen molar-refractivity contribution in [1.29, 1.82) is 0 Å². The first kappa shape index (κ1) is 16.8. The molecule has 0 saturated carbocycles. The van der Waals surface area contributed by atoms with Crippen LogP contribution in [0.4, 0.5) is 0 Å². The molecule has 5 nitrogen and oxygen atoms in total. The molecule has 2 heterocycles. The maximum atomic E-state index is 12.5. The lowest BCUT2D eigenvalue weighted by molar-refractivity contribution is 0.0910. The van der Waals surface area contributed by atoms with Crippen LogP contribution in [-0.2, 0) is 6.61 Å². The average molecular weight is 410 g/mol. The van der Waals surface area contributed by atoms with E-state index in [4.69, 9.17) is 20.8 Å². The normalized spacial score (nSPS) is 10.8. The van der Waals surface area contributed by atoms with Crippen molar-refractivity contribution >= 4 is 33.4 Å². The molecule has 7 heteroatoms. The molecule has 0 saturated heterocycles. The second kappa shape index (κ2) is 6.83. The van der Waals surface area contributed by atoms with Crippen LogP contribution < -0.4 is 4.74 Å². The fourth-order valence-electron chi connectivity index (χ4n) is 2.21. The van der Waals surface area contributed by atoms with E-state index in [1.165, 1.54) is 4.68 Å². The second-order valence-electron chi connectivity index (χ2n) is 5.19. The number of hydrogen-bond acceptors (Lipinski definition) is 4. The summed E-state index contributed by atoms with van der Waals surface area (Å²) < 4.78 is 13.3. The van der Waals surface area contributed by atoms with Crippen LogP contribution in [0.1, 0.15) is 27.7 Å². The summed E-state index contributed by atoms with van der Waals surface area (Å²) in [5, 5.41) is 4.73. The Morgan fingerprint density at radius 3 is 2.71 bits per heavy atom. The number of carbonyl (C=O) groups is 1. The van der Waals surface area contributed by atoms with E-state index in [1.807, 2.05) is 26.0 Å². The molecule has 0 unspecified atom stereocenters. The van der Waals surface area contributed by atoms with Gasteiger partial charge in [0.25, 0.3) is 0 Å². The smallest absolute Gasteiger partial charge is 0.314 e. The molecule has 0 bridgehead atoms. The first-order valence-corrected chi connectivity index (χ1v) is 8.37. The van der Waals surface area contributed by atoms with Crippen LogP contribution in [0, 0.1) is 13.8 Å². The number of hydrogen-bond donors (Lipinski definition) is 0. The van der Waals surface area contributed by atoms with Gasteiger partial charge in [-0.1, -0.05) is 23.7 Å². The summed E-state index contributed by atoms with van der Waals surface area (Å²) in [5.74, 6) is 0.959. The highest BCUT2D eigenvalue weighted by Gasteiger charge is 2.19. The number of ether oxygens (including phenoxy) is 1. The van der Waals surface area contributed by atoms with E-state index >= 15 is 0 Å². The Morgan fingerprint density at radius 2 is 2.04 bits per heavy atom. The lowest BCUT2D eigenvalue weighted by atomic mass is 10.3. The van der Waals surface area contributed by atoms with Crippen molar-refractivity contribution in [3.8, 4) is 5.75 Å². The zero-order chi connectivity index (χ0) is 17.3. The first-order valence-electron chi connectivity index (χ1n) is 7.20. The first-order chi connectivity index (χ1) is 11.5. The van der Waals surface area contributed by atoms with E-state index in [9.17, 15) is 4.79 Å². The fourth-order valence-corrected chi connectivity index (χ4v) is 2.64. The molecule has 0 fully saturated rings. The third-order valence-corrected chi connectivity index (χ3v) is 4.93. The van der Waals surface area contributed by atoms with Crippen molar-refractivity contribution in [2.75, 3.05) is 0 Å². The van der Waals surface area contributed by atoms with Gasteiger partial charge in [0.2, 0.25) is 0 Å². The molecule has 3 aromatic rings. The lowest BCUT2D eigenvalue weighted by Crippen LogP contribution is -2.14. The quantitative estimate of drug-likeness (QED) is 0.622. The summed E-state index contributed by atoms with van der Waals surface area (Å²) in [5.41, 5.74) is 1.47. The lowest BCUT2D eigenvalue weighted by Gasteiger charge is -2.05. The van der Waals surface area contributed by atoms with Crippen LogP contribution in [0.5, 0.6) is 5.75 Å². The molecule has 0 aliphatic heterocycles. The second-order valence-corrected chi connectivity index (χ2v) is 6.39. The summed E-state index contributed by atoms with van der Waals surface area (Å²) in [7, 11) is 0. The van der Waals surface area contributed by atoms with Gasteiger partial charge >= 0.3 is 5.91 Å². The topological polar surface area (TPSA) is 57.3 Å². The number of aromatic nitrogens is 2. The van der Waals surface area contributed by atoms with Crippen LogP contribution in [-0.4, -0.2) is 15.7 Å². The van der Waals surface area contributed by atoms with Crippen LogP contribution in [0.15, 0.2) is 45.3 Å². The van der Waals surface area contributed by atoms with E-state index in [0.717, 1.165) is 15.9 Å². The van der Waals surface area contributed by atoms with Gasteiger partial charge in [0, 0.05) is 0 Å². The van der Waals surface area contributed by atoms with Crippen molar-refractivity contribution in [2.45, 2.75) is 20.5 Å². The summed E-state index contributed by atoms with van der Waals surface area (Å²) in [6.45, 7) is 3.82. The van der Waals surface area contributed by atoms with Crippen molar-refractivity contribution in [2.24, 2.45) is 0 Å². The molecule has 0 atom stereocenters. The molecular weight excluding hydrogens is 396 g/mol. The van der Waals surface area contributed by atoms with Gasteiger partial charge in [0.1, 0.15) is 18.1 Å². The molecule has 0 aliphatic rings. The molecule has 0 spiro atoms. The number of furan rings is 1. The highest BCUT2D eigenvalue weighted by atomic mass is 79.9. The predicted octanol–water partition coefficient (Wildman–Crippen LogP) is 4.78. The van der Waals surface area contributed by atoms with E-state index in [-0.39, 0.29) is 18.3 Å². The largest absolute Gasteiger partial charge is 0.484 e. The van der Waals surface area contributed by atoms with Crippen molar-refractivity contribution in [3.63, 3.8) is 0 Å². The van der Waals surface area contributed by atoms with Crippen molar-refractivity contribution < 1.29 is 13.9 Å². The Labute approximate surface area is 152 Å². The Morgan fingerprint density at radius 1 is 1.29 bits per heavy atom. The van der Waals surface area contributed by atoms with Crippen LogP contribution in [0.2, 0.25) is 5.02 Å². The van der Waals surface area contributed by atoms with Crippen LogP contribution >= 0.6 is 27.5 Å². The number of aryl methyl sites for hydroxylation is 1.